The van der Waals surface area contributed by atoms with Crippen LogP contribution in [0.2, 0.25) is 5.02 Å². The first kappa shape index (κ1) is 21.4. The van der Waals surface area contributed by atoms with Crippen LogP contribution in [-0.2, 0) is 23.5 Å². The van der Waals surface area contributed by atoms with E-state index in [1.165, 1.54) is 0 Å². The number of para-hydroxylation sites is 2. The molecule has 0 saturated heterocycles. The van der Waals surface area contributed by atoms with E-state index in [0.717, 1.165) is 22.4 Å². The highest BCUT2D eigenvalue weighted by molar-refractivity contribution is 6.31. The zero-order valence-electron chi connectivity index (χ0n) is 18.8. The number of benzene rings is 4. The van der Waals surface area contributed by atoms with Gasteiger partial charge in [-0.3, -0.25) is 14.5 Å². The molecule has 0 bridgehead atoms. The van der Waals surface area contributed by atoms with Gasteiger partial charge in [-0.2, -0.15) is 0 Å². The van der Waals surface area contributed by atoms with Gasteiger partial charge in [0.1, 0.15) is 0 Å². The van der Waals surface area contributed by atoms with Crippen LogP contribution in [0.5, 0.6) is 0 Å². The monoisotopic (exact) mass is 479 g/mol. The molecule has 0 fully saturated rings. The second-order valence-electron chi connectivity index (χ2n) is 8.76. The van der Waals surface area contributed by atoms with Crippen molar-refractivity contribution in [2.75, 3.05) is 10.2 Å². The fourth-order valence-electron chi connectivity index (χ4n) is 5.07. The number of halogens is 1. The minimum Gasteiger partial charge on any atom is -0.350 e. The summed E-state index contributed by atoms with van der Waals surface area (Å²) in [6, 6.07) is 32.3. The van der Waals surface area contributed by atoms with Crippen LogP contribution >= 0.6 is 11.6 Å². The zero-order chi connectivity index (χ0) is 24.0. The number of carbonyl (C=O) groups excluding carboxylic acids is 2. The van der Waals surface area contributed by atoms with Gasteiger partial charge in [-0.05, 0) is 35.4 Å². The summed E-state index contributed by atoms with van der Waals surface area (Å²) in [7, 11) is 0. The Bertz CT molecular complexity index is 1460. The molecule has 0 saturated carbocycles. The third kappa shape index (κ3) is 3.31. The van der Waals surface area contributed by atoms with Crippen molar-refractivity contribution in [1.29, 1.82) is 0 Å². The van der Waals surface area contributed by atoms with Gasteiger partial charge < -0.3 is 10.2 Å². The summed E-state index contributed by atoms with van der Waals surface area (Å²) in [5, 5.41) is 4.09. The predicted octanol–water partition coefficient (Wildman–Crippen LogP) is 5.81. The lowest BCUT2D eigenvalue weighted by Gasteiger charge is -2.45. The van der Waals surface area contributed by atoms with Gasteiger partial charge in [-0.15, -0.1) is 0 Å². The van der Waals surface area contributed by atoms with E-state index in [9.17, 15) is 9.59 Å². The summed E-state index contributed by atoms with van der Waals surface area (Å²) in [6.07, 6.45) is 0. The van der Waals surface area contributed by atoms with Gasteiger partial charge in [-0.25, -0.2) is 0 Å². The van der Waals surface area contributed by atoms with Crippen molar-refractivity contribution in [1.82, 2.24) is 4.90 Å². The number of hydrogen-bond acceptors (Lipinski definition) is 3. The molecule has 35 heavy (non-hydrogen) atoms. The molecule has 172 valence electrons. The Morgan fingerprint density at radius 1 is 0.743 bits per heavy atom. The quantitative estimate of drug-likeness (QED) is 0.402. The first-order valence-corrected chi connectivity index (χ1v) is 11.9. The average Bonchev–Trinajstić information content (AvgIpc) is 3.12. The summed E-state index contributed by atoms with van der Waals surface area (Å²) >= 11 is 6.46. The highest BCUT2D eigenvalue weighted by atomic mass is 35.5. The van der Waals surface area contributed by atoms with E-state index in [4.69, 9.17) is 11.6 Å². The third-order valence-corrected chi connectivity index (χ3v) is 7.10. The van der Waals surface area contributed by atoms with Crippen LogP contribution < -0.4 is 10.2 Å². The van der Waals surface area contributed by atoms with Crippen LogP contribution in [0.4, 0.5) is 11.4 Å². The highest BCUT2D eigenvalue weighted by Gasteiger charge is 2.59. The van der Waals surface area contributed by atoms with E-state index in [1.807, 2.05) is 97.1 Å². The van der Waals surface area contributed by atoms with Gasteiger partial charge in [0.25, 0.3) is 11.8 Å². The molecular formula is C29H22ClN3O2. The number of carbonyl (C=O) groups is 2. The third-order valence-electron chi connectivity index (χ3n) is 6.73. The van der Waals surface area contributed by atoms with Crippen LogP contribution in [-0.4, -0.2) is 16.7 Å². The fourth-order valence-corrected chi connectivity index (χ4v) is 5.26. The van der Waals surface area contributed by atoms with Gasteiger partial charge in [0.2, 0.25) is 5.66 Å². The van der Waals surface area contributed by atoms with E-state index in [2.05, 4.69) is 5.32 Å². The first-order chi connectivity index (χ1) is 17.1. The molecule has 0 radical (unpaired) electrons. The molecule has 0 aromatic heterocycles. The molecule has 4 aromatic carbocycles. The lowest BCUT2D eigenvalue weighted by Crippen LogP contribution is -2.62. The molecule has 6 rings (SSSR count). The van der Waals surface area contributed by atoms with E-state index in [-0.39, 0.29) is 18.4 Å². The standard InChI is InChI=1S/C29H22ClN3O2/c30-24-15-7-4-12-21(24)19-32-26-17-9-6-14-23(26)29(28(32)35)31-25-16-8-5-13-22(25)27(34)33(29)18-20-10-2-1-3-11-20/h1-17,31H,18-19H2/t29-/m1/s1. The second kappa shape index (κ2) is 8.29. The van der Waals surface area contributed by atoms with Crippen molar-refractivity contribution in [3.05, 3.63) is 130 Å². The molecule has 2 aliphatic rings. The van der Waals surface area contributed by atoms with Gasteiger partial charge in [0, 0.05) is 22.8 Å². The topological polar surface area (TPSA) is 52.7 Å². The molecule has 2 heterocycles. The van der Waals surface area contributed by atoms with Crippen molar-refractivity contribution in [3.63, 3.8) is 0 Å². The molecule has 0 unspecified atom stereocenters. The molecule has 5 nitrogen and oxygen atoms in total. The Hall–Kier alpha value is -4.09. The number of amides is 2. The lowest BCUT2D eigenvalue weighted by atomic mass is 9.92. The van der Waals surface area contributed by atoms with Gasteiger partial charge in [0.15, 0.2) is 0 Å². The molecule has 2 aliphatic heterocycles. The number of fused-ring (bicyclic) bond motifs is 3. The smallest absolute Gasteiger partial charge is 0.279 e. The molecule has 4 aromatic rings. The summed E-state index contributed by atoms with van der Waals surface area (Å²) in [6.45, 7) is 0.578. The van der Waals surface area contributed by atoms with E-state index >= 15 is 0 Å². The molecule has 1 spiro atoms. The minimum atomic E-state index is -1.38. The fraction of sp³-hybridized carbons (Fsp3) is 0.103. The minimum absolute atomic E-state index is 0.189. The van der Waals surface area contributed by atoms with Crippen LogP contribution in [0.25, 0.3) is 0 Å². The van der Waals surface area contributed by atoms with Crippen molar-refractivity contribution in [2.45, 2.75) is 18.8 Å². The molecular weight excluding hydrogens is 458 g/mol. The van der Waals surface area contributed by atoms with Crippen molar-refractivity contribution >= 4 is 34.8 Å². The molecule has 2 amide bonds. The highest BCUT2D eigenvalue weighted by Crippen LogP contribution is 2.49. The molecule has 1 atom stereocenters. The SMILES string of the molecule is O=C1c2ccccc2N[C@@]2(C(=O)N(Cc3ccccc3Cl)c3ccccc32)N1Cc1ccccc1. The van der Waals surface area contributed by atoms with Crippen LogP contribution in [0.15, 0.2) is 103 Å². The van der Waals surface area contributed by atoms with E-state index < -0.39 is 5.66 Å². The Morgan fingerprint density at radius 3 is 2.26 bits per heavy atom. The maximum absolute atomic E-state index is 14.4. The first-order valence-electron chi connectivity index (χ1n) is 11.5. The molecule has 6 heteroatoms. The largest absolute Gasteiger partial charge is 0.350 e. The summed E-state index contributed by atoms with van der Waals surface area (Å²) in [5.41, 5.74) is 3.10. The summed E-state index contributed by atoms with van der Waals surface area (Å²) < 4.78 is 0. The predicted molar refractivity (Wildman–Crippen MR) is 137 cm³/mol. The maximum atomic E-state index is 14.4. The van der Waals surface area contributed by atoms with Crippen LogP contribution in [0.3, 0.4) is 0 Å². The van der Waals surface area contributed by atoms with Crippen molar-refractivity contribution < 1.29 is 9.59 Å². The van der Waals surface area contributed by atoms with Crippen molar-refractivity contribution in [2.24, 2.45) is 0 Å². The molecule has 1 N–H and O–H groups in total. The number of anilines is 2. The van der Waals surface area contributed by atoms with Gasteiger partial charge in [-0.1, -0.05) is 90.5 Å². The van der Waals surface area contributed by atoms with Crippen molar-refractivity contribution in [3.8, 4) is 0 Å². The Balaban J connectivity index is 1.53. The van der Waals surface area contributed by atoms with E-state index in [1.54, 1.807) is 15.9 Å². The van der Waals surface area contributed by atoms with Gasteiger partial charge >= 0.3 is 0 Å². The molecule has 0 aliphatic carbocycles. The number of nitrogens with one attached hydrogen (secondary N) is 1. The zero-order valence-corrected chi connectivity index (χ0v) is 19.6. The summed E-state index contributed by atoms with van der Waals surface area (Å²) in [5.74, 6) is -0.400. The van der Waals surface area contributed by atoms with Crippen LogP contribution in [0.1, 0.15) is 27.0 Å². The van der Waals surface area contributed by atoms with Crippen LogP contribution in [0, 0.1) is 0 Å². The Morgan fingerprint density at radius 2 is 1.43 bits per heavy atom. The normalized spacial score (nSPS) is 18.4. The Kier molecular flexibility index (Phi) is 5.08. The van der Waals surface area contributed by atoms with E-state index in [0.29, 0.717) is 22.8 Å². The number of hydrogen-bond donors (Lipinski definition) is 1. The number of nitrogens with zero attached hydrogens (tertiary/aromatic N) is 2. The summed E-state index contributed by atoms with van der Waals surface area (Å²) in [4.78, 5) is 31.8. The Labute approximate surface area is 208 Å². The maximum Gasteiger partial charge on any atom is 0.279 e. The lowest BCUT2D eigenvalue weighted by molar-refractivity contribution is -0.127. The number of rotatable bonds is 4. The second-order valence-corrected chi connectivity index (χ2v) is 9.16. The van der Waals surface area contributed by atoms with Gasteiger partial charge in [0.05, 0.1) is 17.8 Å². The average molecular weight is 480 g/mol.